The summed E-state index contributed by atoms with van der Waals surface area (Å²) in [6.07, 6.45) is 0. The zero-order valence-electron chi connectivity index (χ0n) is 18.3. The maximum absolute atomic E-state index is 10.5. The van der Waals surface area contributed by atoms with Crippen LogP contribution in [-0.2, 0) is 30.4 Å². The summed E-state index contributed by atoms with van der Waals surface area (Å²) >= 11 is 0. The molecule has 0 saturated carbocycles. The molecule has 0 aliphatic heterocycles. The summed E-state index contributed by atoms with van der Waals surface area (Å²) in [6, 6.07) is 18.3. The summed E-state index contributed by atoms with van der Waals surface area (Å²) in [7, 11) is -12.9. The van der Waals surface area contributed by atoms with Gasteiger partial charge in [-0.25, -0.2) is 25.3 Å². The number of benzene rings is 3. The van der Waals surface area contributed by atoms with Crippen LogP contribution >= 0.6 is 0 Å². The zero-order chi connectivity index (χ0) is 25.4. The van der Waals surface area contributed by atoms with Gasteiger partial charge in [0.15, 0.2) is 0 Å². The summed E-state index contributed by atoms with van der Waals surface area (Å²) in [5.74, 6) is 0. The van der Waals surface area contributed by atoms with Gasteiger partial charge in [-0.1, -0.05) is 54.6 Å². The Kier molecular flexibility index (Phi) is 13.2. The SMILES string of the molecule is Cc1ccccc1S(=O)(=O)[O-].Cc1ccccc1S(=O)(=O)[O-].Cc1ccccc1S(=O)(=O)[O-].[Ce+3]. The molecule has 0 unspecified atom stereocenters. The molecule has 9 nitrogen and oxygen atoms in total. The van der Waals surface area contributed by atoms with Gasteiger partial charge in [0.25, 0.3) is 0 Å². The second-order valence-electron chi connectivity index (χ2n) is 6.66. The van der Waals surface area contributed by atoms with Crippen molar-refractivity contribution in [2.24, 2.45) is 0 Å². The van der Waals surface area contributed by atoms with E-state index < -0.39 is 30.4 Å². The molecule has 0 spiro atoms. The first-order valence-electron chi connectivity index (χ1n) is 9.09. The van der Waals surface area contributed by atoms with Crippen molar-refractivity contribution >= 4 is 30.4 Å². The molecular formula is C21H21CeO9S3. The fourth-order valence-corrected chi connectivity index (χ4v) is 4.63. The molecule has 3 rings (SSSR count). The van der Waals surface area contributed by atoms with Crippen LogP contribution in [0.3, 0.4) is 0 Å². The van der Waals surface area contributed by atoms with Gasteiger partial charge in [0.1, 0.15) is 30.4 Å². The van der Waals surface area contributed by atoms with E-state index in [-0.39, 0.29) is 56.4 Å². The second-order valence-corrected chi connectivity index (χ2v) is 10.7. The second kappa shape index (κ2) is 13.7. The fraction of sp³-hybridized carbons (Fsp3) is 0.143. The van der Waals surface area contributed by atoms with Gasteiger partial charge in [-0.3, -0.25) is 0 Å². The Morgan fingerprint density at radius 1 is 0.441 bits per heavy atom. The van der Waals surface area contributed by atoms with Gasteiger partial charge in [-0.2, -0.15) is 0 Å². The van der Waals surface area contributed by atoms with E-state index in [0.29, 0.717) is 16.7 Å². The molecule has 0 aliphatic rings. The van der Waals surface area contributed by atoms with Gasteiger partial charge in [-0.05, 0) is 55.7 Å². The van der Waals surface area contributed by atoms with Crippen molar-refractivity contribution in [1.82, 2.24) is 0 Å². The first-order valence-corrected chi connectivity index (χ1v) is 13.3. The van der Waals surface area contributed by atoms with Crippen molar-refractivity contribution in [3.63, 3.8) is 0 Å². The first kappa shape index (κ1) is 32.8. The smallest absolute Gasteiger partial charge is 0.744 e. The van der Waals surface area contributed by atoms with E-state index in [1.165, 1.54) is 36.4 Å². The third-order valence-electron chi connectivity index (χ3n) is 4.09. The van der Waals surface area contributed by atoms with E-state index in [4.69, 9.17) is 0 Å². The third-order valence-corrected chi connectivity index (χ3v) is 7.08. The van der Waals surface area contributed by atoms with E-state index in [1.807, 2.05) is 0 Å². The fourth-order valence-electron chi connectivity index (χ4n) is 2.51. The van der Waals surface area contributed by atoms with Gasteiger partial charge >= 0.3 is 41.7 Å². The average Bonchev–Trinajstić information content (AvgIpc) is 2.67. The van der Waals surface area contributed by atoms with E-state index in [2.05, 4.69) is 0 Å². The largest absolute Gasteiger partial charge is 3.00 e. The number of hydrogen-bond donors (Lipinski definition) is 0. The molecule has 1 radical (unpaired) electrons. The Morgan fingerprint density at radius 2 is 0.618 bits per heavy atom. The molecule has 0 aliphatic carbocycles. The van der Waals surface area contributed by atoms with Crippen molar-refractivity contribution in [2.45, 2.75) is 35.5 Å². The van der Waals surface area contributed by atoms with Crippen LogP contribution in [0.4, 0.5) is 0 Å². The Balaban J connectivity index is 0.000000473. The summed E-state index contributed by atoms with van der Waals surface area (Å²) < 4.78 is 94.5. The van der Waals surface area contributed by atoms with Crippen LogP contribution in [0.15, 0.2) is 87.5 Å². The molecule has 0 N–H and O–H groups in total. The topological polar surface area (TPSA) is 172 Å². The summed E-state index contributed by atoms with van der Waals surface area (Å²) in [6.45, 7) is 4.76. The zero-order valence-corrected chi connectivity index (χ0v) is 23.9. The number of hydrogen-bond acceptors (Lipinski definition) is 9. The Hall–Kier alpha value is -1.23. The molecule has 3 aromatic rings. The molecule has 0 atom stereocenters. The van der Waals surface area contributed by atoms with E-state index in [0.717, 1.165) is 0 Å². The van der Waals surface area contributed by atoms with Crippen LogP contribution in [-0.4, -0.2) is 38.9 Å². The standard InChI is InChI=1S/3C7H8O3S.Ce/c3*1-6-4-2-3-5-7(6)11(8,9)10;/h3*2-5H,1H3,(H,8,9,10);/q;;;+3/p-3. The van der Waals surface area contributed by atoms with E-state index in [1.54, 1.807) is 57.2 Å². The van der Waals surface area contributed by atoms with Crippen LogP contribution < -0.4 is 0 Å². The molecule has 0 heterocycles. The molecule has 13 heteroatoms. The summed E-state index contributed by atoms with van der Waals surface area (Å²) in [4.78, 5) is -0.417. The molecular weight excluding hydrogens is 633 g/mol. The molecule has 0 saturated heterocycles. The maximum Gasteiger partial charge on any atom is 3.00 e. The Bertz CT molecular complexity index is 1240. The molecule has 0 amide bonds. The normalized spacial score (nSPS) is 11.1. The quantitative estimate of drug-likeness (QED) is 0.386. The van der Waals surface area contributed by atoms with Gasteiger partial charge in [-0.15, -0.1) is 0 Å². The van der Waals surface area contributed by atoms with E-state index >= 15 is 0 Å². The van der Waals surface area contributed by atoms with Crippen LogP contribution in [0.25, 0.3) is 0 Å². The minimum Gasteiger partial charge on any atom is -0.744 e. The van der Waals surface area contributed by atoms with Crippen LogP contribution in [0.1, 0.15) is 16.7 Å². The maximum atomic E-state index is 10.5. The van der Waals surface area contributed by atoms with Crippen molar-refractivity contribution in [3.05, 3.63) is 89.5 Å². The minimum absolute atomic E-state index is 0. The van der Waals surface area contributed by atoms with Crippen LogP contribution in [0.2, 0.25) is 0 Å². The third kappa shape index (κ3) is 11.0. The minimum atomic E-state index is -4.28. The van der Waals surface area contributed by atoms with Crippen LogP contribution in [0, 0.1) is 62.5 Å². The van der Waals surface area contributed by atoms with Crippen LogP contribution in [0.5, 0.6) is 0 Å². The summed E-state index contributed by atoms with van der Waals surface area (Å²) in [5.41, 5.74) is 1.47. The van der Waals surface area contributed by atoms with Gasteiger partial charge in [0, 0.05) is 0 Å². The van der Waals surface area contributed by atoms with Crippen molar-refractivity contribution in [2.75, 3.05) is 0 Å². The predicted molar refractivity (Wildman–Crippen MR) is 117 cm³/mol. The first-order chi connectivity index (χ1) is 15.0. The average molecular weight is 654 g/mol. The number of rotatable bonds is 3. The molecule has 34 heavy (non-hydrogen) atoms. The van der Waals surface area contributed by atoms with Gasteiger partial charge in [0.2, 0.25) is 0 Å². The molecule has 0 aromatic heterocycles. The van der Waals surface area contributed by atoms with Crippen molar-refractivity contribution in [3.8, 4) is 0 Å². The van der Waals surface area contributed by atoms with Crippen molar-refractivity contribution in [1.29, 1.82) is 0 Å². The van der Waals surface area contributed by atoms with Gasteiger partial charge < -0.3 is 13.7 Å². The molecule has 0 fully saturated rings. The molecule has 0 bridgehead atoms. The number of aryl methyl sites for hydroxylation is 3. The molecule has 3 aromatic carbocycles. The summed E-state index contributed by atoms with van der Waals surface area (Å²) in [5, 5.41) is 0. The van der Waals surface area contributed by atoms with E-state index in [9.17, 15) is 38.9 Å². The molecule has 181 valence electrons. The monoisotopic (exact) mass is 653 g/mol. The van der Waals surface area contributed by atoms with Crippen molar-refractivity contribution < 1.29 is 80.7 Å². The Labute approximate surface area is 233 Å². The predicted octanol–water partition coefficient (Wildman–Crippen LogP) is 2.70. The van der Waals surface area contributed by atoms with Gasteiger partial charge in [0.05, 0.1) is 14.7 Å². The Morgan fingerprint density at radius 3 is 0.735 bits per heavy atom.